The summed E-state index contributed by atoms with van der Waals surface area (Å²) in [5.41, 5.74) is 2.34. The van der Waals surface area contributed by atoms with Gasteiger partial charge in [0.05, 0.1) is 5.56 Å². The fourth-order valence-electron chi connectivity index (χ4n) is 2.12. The van der Waals surface area contributed by atoms with Gasteiger partial charge in [-0.25, -0.2) is 9.97 Å². The Balaban J connectivity index is 2.08. The van der Waals surface area contributed by atoms with Gasteiger partial charge in [-0.15, -0.1) is 0 Å². The molecule has 0 aliphatic rings. The number of ether oxygens (including phenoxy) is 2. The fourth-order valence-corrected chi connectivity index (χ4v) is 2.12. The van der Waals surface area contributed by atoms with Gasteiger partial charge >= 0.3 is 0 Å². The van der Waals surface area contributed by atoms with Crippen LogP contribution in [0.3, 0.4) is 0 Å². The standard InChI is InChI=1S/C15H14N2O3/c1-18-15(19-2)12-7-8-16-14(17-12)11-9-20-13-6-4-3-5-10(11)13/h3-9,15H,1-2H3. The van der Waals surface area contributed by atoms with Crippen molar-refractivity contribution in [1.82, 2.24) is 9.97 Å². The van der Waals surface area contributed by atoms with E-state index < -0.39 is 6.29 Å². The summed E-state index contributed by atoms with van der Waals surface area (Å²) in [7, 11) is 3.15. The van der Waals surface area contributed by atoms with E-state index in [1.54, 1.807) is 32.7 Å². The molecule has 2 aromatic heterocycles. The van der Waals surface area contributed by atoms with Crippen LogP contribution in [0.2, 0.25) is 0 Å². The summed E-state index contributed by atoms with van der Waals surface area (Å²) in [6.45, 7) is 0. The maximum Gasteiger partial charge on any atom is 0.200 e. The van der Waals surface area contributed by atoms with E-state index in [4.69, 9.17) is 13.9 Å². The summed E-state index contributed by atoms with van der Waals surface area (Å²) >= 11 is 0. The van der Waals surface area contributed by atoms with E-state index in [0.29, 0.717) is 11.5 Å². The Morgan fingerprint density at radius 3 is 2.70 bits per heavy atom. The monoisotopic (exact) mass is 270 g/mol. The zero-order chi connectivity index (χ0) is 13.9. The summed E-state index contributed by atoms with van der Waals surface area (Å²) < 4.78 is 15.9. The molecule has 0 saturated carbocycles. The first-order valence-electron chi connectivity index (χ1n) is 6.18. The molecule has 0 aliphatic carbocycles. The highest BCUT2D eigenvalue weighted by atomic mass is 16.7. The number of methoxy groups -OCH3 is 2. The molecule has 20 heavy (non-hydrogen) atoms. The Bertz CT molecular complexity index is 720. The molecule has 102 valence electrons. The summed E-state index contributed by atoms with van der Waals surface area (Å²) in [6.07, 6.45) is 2.85. The Morgan fingerprint density at radius 2 is 1.90 bits per heavy atom. The number of hydrogen-bond donors (Lipinski definition) is 0. The molecule has 0 radical (unpaired) electrons. The maximum atomic E-state index is 5.51. The Labute approximate surface area is 116 Å². The number of fused-ring (bicyclic) bond motifs is 1. The second kappa shape index (κ2) is 5.40. The number of hydrogen-bond acceptors (Lipinski definition) is 5. The van der Waals surface area contributed by atoms with Crippen molar-refractivity contribution in [3.63, 3.8) is 0 Å². The SMILES string of the molecule is COC(OC)c1ccnc(-c2coc3ccccc23)n1. The van der Waals surface area contributed by atoms with Gasteiger partial charge in [-0.3, -0.25) is 0 Å². The molecule has 1 aromatic carbocycles. The molecule has 0 saturated heterocycles. The average Bonchev–Trinajstić information content (AvgIpc) is 2.93. The first-order chi connectivity index (χ1) is 9.83. The smallest absolute Gasteiger partial charge is 0.200 e. The van der Waals surface area contributed by atoms with Gasteiger partial charge in [-0.2, -0.15) is 0 Å². The number of rotatable bonds is 4. The summed E-state index contributed by atoms with van der Waals surface area (Å²) in [4.78, 5) is 8.79. The van der Waals surface area contributed by atoms with E-state index in [0.717, 1.165) is 16.5 Å². The van der Waals surface area contributed by atoms with Crippen LogP contribution in [0.5, 0.6) is 0 Å². The lowest BCUT2D eigenvalue weighted by molar-refractivity contribution is -0.108. The van der Waals surface area contributed by atoms with Gasteiger partial charge in [-0.05, 0) is 12.1 Å². The van der Waals surface area contributed by atoms with Crippen LogP contribution in [0.25, 0.3) is 22.4 Å². The van der Waals surface area contributed by atoms with Crippen LogP contribution in [-0.4, -0.2) is 24.2 Å². The van der Waals surface area contributed by atoms with E-state index >= 15 is 0 Å². The summed E-state index contributed by atoms with van der Waals surface area (Å²) in [5, 5.41) is 0.982. The molecule has 5 heteroatoms. The van der Waals surface area contributed by atoms with Crippen molar-refractivity contribution in [2.24, 2.45) is 0 Å². The minimum atomic E-state index is -0.505. The van der Waals surface area contributed by atoms with Gasteiger partial charge in [0.2, 0.25) is 6.29 Å². The van der Waals surface area contributed by atoms with E-state index in [1.165, 1.54) is 0 Å². The van der Waals surface area contributed by atoms with Crippen molar-refractivity contribution in [2.45, 2.75) is 6.29 Å². The van der Waals surface area contributed by atoms with E-state index in [9.17, 15) is 0 Å². The summed E-state index contributed by atoms with van der Waals surface area (Å²) in [5.74, 6) is 0.589. The van der Waals surface area contributed by atoms with Crippen LogP contribution >= 0.6 is 0 Å². The van der Waals surface area contributed by atoms with Crippen molar-refractivity contribution in [3.8, 4) is 11.4 Å². The predicted molar refractivity (Wildman–Crippen MR) is 74.0 cm³/mol. The van der Waals surface area contributed by atoms with Crippen molar-refractivity contribution in [1.29, 1.82) is 0 Å². The van der Waals surface area contributed by atoms with E-state index in [-0.39, 0.29) is 0 Å². The lowest BCUT2D eigenvalue weighted by atomic mass is 10.1. The van der Waals surface area contributed by atoms with Crippen LogP contribution in [0, 0.1) is 0 Å². The Hall–Kier alpha value is -2.24. The van der Waals surface area contributed by atoms with Gasteiger partial charge in [-0.1, -0.05) is 18.2 Å². The molecule has 5 nitrogen and oxygen atoms in total. The molecule has 0 aliphatic heterocycles. The molecular formula is C15H14N2O3. The van der Waals surface area contributed by atoms with Gasteiger partial charge in [0.15, 0.2) is 5.82 Å². The summed E-state index contributed by atoms with van der Waals surface area (Å²) in [6, 6.07) is 9.55. The molecular weight excluding hydrogens is 256 g/mol. The molecule has 0 N–H and O–H groups in total. The molecule has 0 unspecified atom stereocenters. The van der Waals surface area contributed by atoms with Crippen molar-refractivity contribution < 1.29 is 13.9 Å². The normalized spacial score (nSPS) is 11.3. The fraction of sp³-hybridized carbons (Fsp3) is 0.200. The zero-order valence-electron chi connectivity index (χ0n) is 11.2. The second-order valence-corrected chi connectivity index (χ2v) is 4.25. The zero-order valence-corrected chi connectivity index (χ0v) is 11.2. The molecule has 3 rings (SSSR count). The topological polar surface area (TPSA) is 57.4 Å². The van der Waals surface area contributed by atoms with Gasteiger partial charge in [0.25, 0.3) is 0 Å². The van der Waals surface area contributed by atoms with Crippen molar-refractivity contribution >= 4 is 11.0 Å². The van der Waals surface area contributed by atoms with Crippen LogP contribution in [0.1, 0.15) is 12.0 Å². The lowest BCUT2D eigenvalue weighted by Gasteiger charge is -2.12. The van der Waals surface area contributed by atoms with Crippen molar-refractivity contribution in [2.75, 3.05) is 14.2 Å². The highest BCUT2D eigenvalue weighted by molar-refractivity contribution is 5.91. The predicted octanol–water partition coefficient (Wildman–Crippen LogP) is 3.18. The second-order valence-electron chi connectivity index (χ2n) is 4.25. The number of nitrogens with zero attached hydrogens (tertiary/aromatic N) is 2. The third kappa shape index (κ3) is 2.17. The van der Waals surface area contributed by atoms with Gasteiger partial charge in [0.1, 0.15) is 17.5 Å². The van der Waals surface area contributed by atoms with Crippen LogP contribution < -0.4 is 0 Å². The minimum absolute atomic E-state index is 0.505. The highest BCUT2D eigenvalue weighted by Gasteiger charge is 2.15. The minimum Gasteiger partial charge on any atom is -0.464 e. The molecule has 3 aromatic rings. The molecule has 0 amide bonds. The van der Waals surface area contributed by atoms with Crippen LogP contribution in [0.4, 0.5) is 0 Å². The number of aromatic nitrogens is 2. The molecule has 0 bridgehead atoms. The molecule has 0 fully saturated rings. The average molecular weight is 270 g/mol. The molecule has 0 atom stereocenters. The molecule has 2 heterocycles. The first kappa shape index (κ1) is 12.8. The largest absolute Gasteiger partial charge is 0.464 e. The van der Waals surface area contributed by atoms with Crippen LogP contribution in [0.15, 0.2) is 47.2 Å². The number of benzene rings is 1. The maximum absolute atomic E-state index is 5.51. The lowest BCUT2D eigenvalue weighted by Crippen LogP contribution is -2.07. The third-order valence-corrected chi connectivity index (χ3v) is 3.07. The Kier molecular flexibility index (Phi) is 3.45. The molecule has 0 spiro atoms. The van der Waals surface area contributed by atoms with Crippen molar-refractivity contribution in [3.05, 3.63) is 48.5 Å². The third-order valence-electron chi connectivity index (χ3n) is 3.07. The van der Waals surface area contributed by atoms with E-state index in [1.807, 2.05) is 24.3 Å². The van der Waals surface area contributed by atoms with Gasteiger partial charge in [0, 0.05) is 25.8 Å². The van der Waals surface area contributed by atoms with Crippen LogP contribution in [-0.2, 0) is 9.47 Å². The van der Waals surface area contributed by atoms with E-state index in [2.05, 4.69) is 9.97 Å². The number of para-hydroxylation sites is 1. The quantitative estimate of drug-likeness (QED) is 0.681. The van der Waals surface area contributed by atoms with Gasteiger partial charge < -0.3 is 13.9 Å². The first-order valence-corrected chi connectivity index (χ1v) is 6.18. The number of furan rings is 1. The Morgan fingerprint density at radius 1 is 1.10 bits per heavy atom. The highest BCUT2D eigenvalue weighted by Crippen LogP contribution is 2.28.